The van der Waals surface area contributed by atoms with E-state index in [1.165, 1.54) is 6.07 Å². The van der Waals surface area contributed by atoms with Crippen molar-refractivity contribution < 1.29 is 10.0 Å². The first-order valence-corrected chi connectivity index (χ1v) is 7.02. The first-order chi connectivity index (χ1) is 10.0. The molecule has 2 aromatic rings. The molecule has 0 aliphatic rings. The third-order valence-electron chi connectivity index (χ3n) is 2.71. The third kappa shape index (κ3) is 3.74. The standard InChI is InChI=1S/C14H11BrClN3O2/c15-10-4-5-12(11(16)7-10)18-14(20)9-3-1-2-8(6-9)13(17)19-21/h1-7,21H,(H2,17,19)(H,18,20). The maximum atomic E-state index is 12.2. The molecular weight excluding hydrogens is 358 g/mol. The SMILES string of the molecule is N/C(=N\O)c1cccc(C(=O)Nc2ccc(Br)cc2Cl)c1. The maximum Gasteiger partial charge on any atom is 0.255 e. The number of anilines is 1. The second kappa shape index (κ2) is 6.60. The summed E-state index contributed by atoms with van der Waals surface area (Å²) >= 11 is 9.34. The Kier molecular flexibility index (Phi) is 4.82. The normalized spacial score (nSPS) is 11.2. The minimum Gasteiger partial charge on any atom is -0.409 e. The Hall–Kier alpha value is -2.05. The molecule has 108 valence electrons. The highest BCUT2D eigenvalue weighted by molar-refractivity contribution is 9.10. The summed E-state index contributed by atoms with van der Waals surface area (Å²) in [6, 6.07) is 11.6. The number of oxime groups is 1. The second-order valence-corrected chi connectivity index (χ2v) is 5.47. The number of hydrogen-bond donors (Lipinski definition) is 3. The van der Waals surface area contributed by atoms with Crippen LogP contribution in [0, 0.1) is 0 Å². The Bertz CT molecular complexity index is 719. The van der Waals surface area contributed by atoms with Gasteiger partial charge < -0.3 is 16.3 Å². The highest BCUT2D eigenvalue weighted by atomic mass is 79.9. The van der Waals surface area contributed by atoms with Gasteiger partial charge in [-0.15, -0.1) is 0 Å². The molecule has 0 fully saturated rings. The molecule has 0 aliphatic carbocycles. The Labute approximate surface area is 134 Å². The van der Waals surface area contributed by atoms with E-state index in [2.05, 4.69) is 26.4 Å². The molecule has 0 aromatic heterocycles. The second-order valence-electron chi connectivity index (χ2n) is 4.14. The lowest BCUT2D eigenvalue weighted by Gasteiger charge is -2.08. The summed E-state index contributed by atoms with van der Waals surface area (Å²) in [4.78, 5) is 12.2. The predicted octanol–water partition coefficient (Wildman–Crippen LogP) is 3.45. The van der Waals surface area contributed by atoms with Crippen LogP contribution in [-0.4, -0.2) is 17.0 Å². The topological polar surface area (TPSA) is 87.7 Å². The van der Waals surface area contributed by atoms with E-state index < -0.39 is 0 Å². The summed E-state index contributed by atoms with van der Waals surface area (Å²) < 4.78 is 0.819. The highest BCUT2D eigenvalue weighted by Gasteiger charge is 2.10. The van der Waals surface area contributed by atoms with Crippen molar-refractivity contribution in [3.63, 3.8) is 0 Å². The van der Waals surface area contributed by atoms with Gasteiger partial charge in [0.05, 0.1) is 10.7 Å². The number of carbonyl (C=O) groups excluding carboxylic acids is 1. The first-order valence-electron chi connectivity index (χ1n) is 5.85. The van der Waals surface area contributed by atoms with E-state index in [0.29, 0.717) is 21.8 Å². The van der Waals surface area contributed by atoms with Gasteiger partial charge in [0.25, 0.3) is 5.91 Å². The fourth-order valence-electron chi connectivity index (χ4n) is 1.66. The lowest BCUT2D eigenvalue weighted by Crippen LogP contribution is -2.16. The monoisotopic (exact) mass is 367 g/mol. The number of hydrogen-bond acceptors (Lipinski definition) is 3. The number of rotatable bonds is 3. The van der Waals surface area contributed by atoms with Crippen molar-refractivity contribution in [2.45, 2.75) is 0 Å². The molecule has 0 atom stereocenters. The molecule has 0 bridgehead atoms. The van der Waals surface area contributed by atoms with Gasteiger partial charge in [0.2, 0.25) is 0 Å². The fourth-order valence-corrected chi connectivity index (χ4v) is 2.38. The Morgan fingerprint density at radius 2 is 1.95 bits per heavy atom. The van der Waals surface area contributed by atoms with E-state index in [9.17, 15) is 4.79 Å². The molecule has 0 radical (unpaired) electrons. The predicted molar refractivity (Wildman–Crippen MR) is 86.1 cm³/mol. The van der Waals surface area contributed by atoms with Crippen LogP contribution in [0.4, 0.5) is 5.69 Å². The van der Waals surface area contributed by atoms with E-state index in [1.807, 2.05) is 0 Å². The molecule has 0 unspecified atom stereocenters. The van der Waals surface area contributed by atoms with Crippen molar-refractivity contribution in [3.8, 4) is 0 Å². The van der Waals surface area contributed by atoms with Crippen LogP contribution in [0.15, 0.2) is 52.1 Å². The van der Waals surface area contributed by atoms with E-state index in [-0.39, 0.29) is 11.7 Å². The van der Waals surface area contributed by atoms with Crippen molar-refractivity contribution in [1.82, 2.24) is 0 Å². The zero-order valence-electron chi connectivity index (χ0n) is 10.7. The number of nitrogens with zero attached hydrogens (tertiary/aromatic N) is 1. The summed E-state index contributed by atoms with van der Waals surface area (Å²) in [6.45, 7) is 0. The molecule has 7 heteroatoms. The fraction of sp³-hybridized carbons (Fsp3) is 0. The number of benzene rings is 2. The van der Waals surface area contributed by atoms with Gasteiger partial charge in [0.1, 0.15) is 0 Å². The van der Waals surface area contributed by atoms with Crippen molar-refractivity contribution in [1.29, 1.82) is 0 Å². The molecule has 0 aliphatic heterocycles. The lowest BCUT2D eigenvalue weighted by molar-refractivity contribution is 0.102. The molecular formula is C14H11BrClN3O2. The lowest BCUT2D eigenvalue weighted by atomic mass is 10.1. The minimum absolute atomic E-state index is 0.0636. The number of amides is 1. The number of amidine groups is 1. The smallest absolute Gasteiger partial charge is 0.255 e. The summed E-state index contributed by atoms with van der Waals surface area (Å²) in [5.74, 6) is -0.405. The van der Waals surface area contributed by atoms with Crippen molar-refractivity contribution >= 4 is 45.0 Å². The molecule has 21 heavy (non-hydrogen) atoms. The van der Waals surface area contributed by atoms with Crippen LogP contribution in [0.3, 0.4) is 0 Å². The van der Waals surface area contributed by atoms with Crippen LogP contribution in [0.25, 0.3) is 0 Å². The van der Waals surface area contributed by atoms with Gasteiger partial charge in [-0.25, -0.2) is 0 Å². The summed E-state index contributed by atoms with van der Waals surface area (Å²) in [5.41, 5.74) is 6.82. The van der Waals surface area contributed by atoms with Gasteiger partial charge in [0.15, 0.2) is 5.84 Å². The molecule has 2 rings (SSSR count). The summed E-state index contributed by atoms with van der Waals surface area (Å²) in [5, 5.41) is 14.7. The Morgan fingerprint density at radius 1 is 1.24 bits per heavy atom. The van der Waals surface area contributed by atoms with Gasteiger partial charge in [-0.3, -0.25) is 4.79 Å². The molecule has 2 aromatic carbocycles. The Morgan fingerprint density at radius 3 is 2.62 bits per heavy atom. The number of nitrogens with two attached hydrogens (primary N) is 1. The largest absolute Gasteiger partial charge is 0.409 e. The number of carbonyl (C=O) groups is 1. The summed E-state index contributed by atoms with van der Waals surface area (Å²) in [7, 11) is 0. The summed E-state index contributed by atoms with van der Waals surface area (Å²) in [6.07, 6.45) is 0. The molecule has 5 nitrogen and oxygen atoms in total. The molecule has 0 heterocycles. The van der Waals surface area contributed by atoms with Crippen LogP contribution >= 0.6 is 27.5 Å². The first kappa shape index (κ1) is 15.3. The zero-order valence-corrected chi connectivity index (χ0v) is 13.0. The van der Waals surface area contributed by atoms with E-state index in [4.69, 9.17) is 22.5 Å². The van der Waals surface area contributed by atoms with Gasteiger partial charge in [-0.05, 0) is 30.3 Å². The molecule has 0 saturated heterocycles. The van der Waals surface area contributed by atoms with Crippen LogP contribution in [0.5, 0.6) is 0 Å². The molecule has 4 N–H and O–H groups in total. The van der Waals surface area contributed by atoms with Crippen molar-refractivity contribution in [3.05, 3.63) is 63.1 Å². The molecule has 1 amide bonds. The van der Waals surface area contributed by atoms with Crippen molar-refractivity contribution in [2.24, 2.45) is 10.9 Å². The third-order valence-corrected chi connectivity index (χ3v) is 3.51. The average Bonchev–Trinajstić information content (AvgIpc) is 2.49. The number of halogens is 2. The van der Waals surface area contributed by atoms with Crippen molar-refractivity contribution in [2.75, 3.05) is 5.32 Å². The highest BCUT2D eigenvalue weighted by Crippen LogP contribution is 2.26. The quantitative estimate of drug-likeness (QED) is 0.335. The van der Waals surface area contributed by atoms with E-state index in [1.54, 1.807) is 36.4 Å². The van der Waals surface area contributed by atoms with Crippen LogP contribution < -0.4 is 11.1 Å². The van der Waals surface area contributed by atoms with Gasteiger partial charge in [-0.2, -0.15) is 0 Å². The van der Waals surface area contributed by atoms with Gasteiger partial charge in [-0.1, -0.05) is 44.8 Å². The van der Waals surface area contributed by atoms with Crippen LogP contribution in [0.2, 0.25) is 5.02 Å². The van der Waals surface area contributed by atoms with Gasteiger partial charge in [0, 0.05) is 15.6 Å². The number of nitrogens with one attached hydrogen (secondary N) is 1. The minimum atomic E-state index is -0.341. The van der Waals surface area contributed by atoms with Crippen LogP contribution in [0.1, 0.15) is 15.9 Å². The zero-order chi connectivity index (χ0) is 15.4. The van der Waals surface area contributed by atoms with E-state index in [0.717, 1.165) is 4.47 Å². The molecule has 0 saturated carbocycles. The van der Waals surface area contributed by atoms with Crippen LogP contribution in [-0.2, 0) is 0 Å². The van der Waals surface area contributed by atoms with Gasteiger partial charge >= 0.3 is 0 Å². The molecule has 0 spiro atoms. The average molecular weight is 369 g/mol. The maximum absolute atomic E-state index is 12.2. The Balaban J connectivity index is 2.24. The van der Waals surface area contributed by atoms with E-state index >= 15 is 0 Å².